The molecule has 1 aliphatic heterocycles. The lowest BCUT2D eigenvalue weighted by molar-refractivity contribution is -0.111. The third kappa shape index (κ3) is 4.32. The lowest BCUT2D eigenvalue weighted by atomic mass is 10.1. The molecule has 6 heteroatoms. The van der Waals surface area contributed by atoms with Crippen LogP contribution in [0, 0.1) is 0 Å². The molecule has 2 aromatic carbocycles. The van der Waals surface area contributed by atoms with E-state index in [9.17, 15) is 9.59 Å². The summed E-state index contributed by atoms with van der Waals surface area (Å²) in [5.41, 5.74) is 2.76. The first-order valence-corrected chi connectivity index (χ1v) is 8.37. The fourth-order valence-electron chi connectivity index (χ4n) is 2.51. The van der Waals surface area contributed by atoms with Gasteiger partial charge in [0.2, 0.25) is 5.91 Å². The maximum Gasteiger partial charge on any atom is 0.251 e. The molecule has 0 aromatic heterocycles. The predicted molar refractivity (Wildman–Crippen MR) is 103 cm³/mol. The van der Waals surface area contributed by atoms with E-state index in [-0.39, 0.29) is 11.8 Å². The molecule has 0 spiro atoms. The lowest BCUT2D eigenvalue weighted by Gasteiger charge is -2.16. The second kappa shape index (κ2) is 7.89. The number of nitrogens with one attached hydrogen (secondary N) is 2. The number of carbonyl (C=O) groups is 2. The molecule has 5 nitrogen and oxygen atoms in total. The number of rotatable bonds is 4. The highest BCUT2D eigenvalue weighted by molar-refractivity contribution is 6.30. The highest BCUT2D eigenvalue weighted by Gasteiger charge is 2.10. The van der Waals surface area contributed by atoms with Crippen LogP contribution in [0.15, 0.2) is 60.2 Å². The Hall–Kier alpha value is -3.05. The van der Waals surface area contributed by atoms with E-state index in [4.69, 9.17) is 16.3 Å². The number of halogens is 1. The summed E-state index contributed by atoms with van der Waals surface area (Å²) in [7, 11) is 1.56. The van der Waals surface area contributed by atoms with Gasteiger partial charge in [-0.05, 0) is 48.0 Å². The minimum atomic E-state index is -0.295. The van der Waals surface area contributed by atoms with Crippen LogP contribution in [0.2, 0.25) is 5.02 Å². The number of fused-ring (bicyclic) bond motifs is 1. The van der Waals surface area contributed by atoms with Gasteiger partial charge in [-0.2, -0.15) is 0 Å². The van der Waals surface area contributed by atoms with E-state index in [0.717, 1.165) is 16.9 Å². The molecule has 2 amide bonds. The van der Waals surface area contributed by atoms with Crippen LogP contribution in [0.4, 0.5) is 5.69 Å². The van der Waals surface area contributed by atoms with E-state index >= 15 is 0 Å². The van der Waals surface area contributed by atoms with Gasteiger partial charge in [0.05, 0.1) is 0 Å². The molecule has 3 rings (SSSR count). The highest BCUT2D eigenvalue weighted by atomic mass is 35.5. The molecule has 0 atom stereocenters. The first-order valence-electron chi connectivity index (χ1n) is 7.99. The van der Waals surface area contributed by atoms with Crippen LogP contribution in [-0.4, -0.2) is 25.5 Å². The largest absolute Gasteiger partial charge is 0.488 e. The Kier molecular flexibility index (Phi) is 5.39. The summed E-state index contributed by atoms with van der Waals surface area (Å²) in [6, 6.07) is 12.1. The molecule has 0 unspecified atom stereocenters. The van der Waals surface area contributed by atoms with E-state index in [2.05, 4.69) is 10.6 Å². The Morgan fingerprint density at radius 3 is 2.85 bits per heavy atom. The average molecular weight is 369 g/mol. The van der Waals surface area contributed by atoms with Gasteiger partial charge >= 0.3 is 0 Å². The third-order valence-electron chi connectivity index (χ3n) is 3.78. The normalized spacial score (nSPS) is 12.8. The molecule has 0 aliphatic carbocycles. The van der Waals surface area contributed by atoms with Crippen LogP contribution in [0.1, 0.15) is 15.9 Å². The zero-order chi connectivity index (χ0) is 18.5. The summed E-state index contributed by atoms with van der Waals surface area (Å²) in [5.74, 6) is 0.261. The topological polar surface area (TPSA) is 67.4 Å². The van der Waals surface area contributed by atoms with Gasteiger partial charge < -0.3 is 15.4 Å². The smallest absolute Gasteiger partial charge is 0.251 e. The molecule has 26 heavy (non-hydrogen) atoms. The Balaban J connectivity index is 1.68. The van der Waals surface area contributed by atoms with Crippen LogP contribution in [-0.2, 0) is 4.79 Å². The Bertz CT molecular complexity index is 919. The molecule has 1 heterocycles. The van der Waals surface area contributed by atoms with Crippen molar-refractivity contribution in [3.05, 3.63) is 76.3 Å². The number of hydrogen-bond donors (Lipinski definition) is 2. The molecule has 1 aliphatic rings. The van der Waals surface area contributed by atoms with Gasteiger partial charge in [-0.15, -0.1) is 0 Å². The SMILES string of the molecule is CNC(=O)c1cccc(NC(=O)/C=C/C2=Cc3cc(Cl)ccc3OC2)c1. The molecule has 0 saturated heterocycles. The zero-order valence-electron chi connectivity index (χ0n) is 14.1. The summed E-state index contributed by atoms with van der Waals surface area (Å²) < 4.78 is 5.64. The van der Waals surface area contributed by atoms with Crippen molar-refractivity contribution in [1.82, 2.24) is 5.32 Å². The van der Waals surface area contributed by atoms with Crippen molar-refractivity contribution >= 4 is 35.2 Å². The summed E-state index contributed by atoms with van der Waals surface area (Å²) >= 11 is 5.99. The maximum absolute atomic E-state index is 12.1. The molecule has 132 valence electrons. The molecular formula is C20H17ClN2O3. The molecule has 0 radical (unpaired) electrons. The Labute approximate surface area is 156 Å². The number of hydrogen-bond acceptors (Lipinski definition) is 3. The van der Waals surface area contributed by atoms with Crippen molar-refractivity contribution in [3.63, 3.8) is 0 Å². The average Bonchev–Trinajstić information content (AvgIpc) is 2.65. The van der Waals surface area contributed by atoms with Gasteiger partial charge in [0.25, 0.3) is 5.91 Å². The number of amides is 2. The number of benzene rings is 2. The lowest BCUT2D eigenvalue weighted by Crippen LogP contribution is -2.18. The van der Waals surface area contributed by atoms with Crippen molar-refractivity contribution in [2.75, 3.05) is 19.0 Å². The van der Waals surface area contributed by atoms with E-state index < -0.39 is 0 Å². The zero-order valence-corrected chi connectivity index (χ0v) is 14.8. The second-order valence-electron chi connectivity index (χ2n) is 5.67. The van der Waals surface area contributed by atoms with Gasteiger partial charge in [-0.3, -0.25) is 9.59 Å². The van der Waals surface area contributed by atoms with Crippen LogP contribution in [0.3, 0.4) is 0 Å². The number of carbonyl (C=O) groups excluding carboxylic acids is 2. The van der Waals surface area contributed by atoms with Gasteiger partial charge in [-0.1, -0.05) is 23.7 Å². The summed E-state index contributed by atoms with van der Waals surface area (Å²) in [6.45, 7) is 0.380. The maximum atomic E-state index is 12.1. The Morgan fingerprint density at radius 2 is 2.04 bits per heavy atom. The molecule has 2 N–H and O–H groups in total. The van der Waals surface area contributed by atoms with Crippen LogP contribution >= 0.6 is 11.6 Å². The van der Waals surface area contributed by atoms with Crippen LogP contribution in [0.25, 0.3) is 6.08 Å². The molecule has 0 bridgehead atoms. The van der Waals surface area contributed by atoms with Gasteiger partial charge in [0, 0.05) is 35.0 Å². The fraction of sp³-hybridized carbons (Fsp3) is 0.100. The van der Waals surface area contributed by atoms with E-state index in [1.54, 1.807) is 43.5 Å². The van der Waals surface area contributed by atoms with Crippen molar-refractivity contribution in [3.8, 4) is 5.75 Å². The van der Waals surface area contributed by atoms with Gasteiger partial charge in [0.15, 0.2) is 0 Å². The van der Waals surface area contributed by atoms with E-state index in [1.165, 1.54) is 6.08 Å². The molecular weight excluding hydrogens is 352 g/mol. The number of anilines is 1. The van der Waals surface area contributed by atoms with Crippen molar-refractivity contribution in [1.29, 1.82) is 0 Å². The van der Waals surface area contributed by atoms with Crippen molar-refractivity contribution in [2.45, 2.75) is 0 Å². The molecule has 0 fully saturated rings. The van der Waals surface area contributed by atoms with E-state index in [0.29, 0.717) is 22.9 Å². The fourth-order valence-corrected chi connectivity index (χ4v) is 2.69. The molecule has 2 aromatic rings. The first kappa shape index (κ1) is 17.8. The standard InChI is InChI=1S/C20H17ClN2O3/c1-22-20(25)14-3-2-4-17(11-14)23-19(24)8-5-13-9-15-10-16(21)6-7-18(15)26-12-13/h2-11H,12H2,1H3,(H,22,25)(H,23,24)/b8-5+. The number of ether oxygens (including phenoxy) is 1. The van der Waals surface area contributed by atoms with E-state index in [1.807, 2.05) is 18.2 Å². The molecule has 0 saturated carbocycles. The van der Waals surface area contributed by atoms with Crippen molar-refractivity contribution < 1.29 is 14.3 Å². The van der Waals surface area contributed by atoms with Gasteiger partial charge in [0.1, 0.15) is 12.4 Å². The summed E-state index contributed by atoms with van der Waals surface area (Å²) in [4.78, 5) is 23.8. The Morgan fingerprint density at radius 1 is 1.19 bits per heavy atom. The summed E-state index contributed by atoms with van der Waals surface area (Å²) in [5, 5.41) is 5.91. The predicted octanol–water partition coefficient (Wildman–Crippen LogP) is 3.67. The van der Waals surface area contributed by atoms with Crippen molar-refractivity contribution in [2.24, 2.45) is 0 Å². The quantitative estimate of drug-likeness (QED) is 0.809. The second-order valence-corrected chi connectivity index (χ2v) is 6.11. The van der Waals surface area contributed by atoms with Crippen LogP contribution < -0.4 is 15.4 Å². The first-order chi connectivity index (χ1) is 12.5. The highest BCUT2D eigenvalue weighted by Crippen LogP contribution is 2.29. The van der Waals surface area contributed by atoms with Gasteiger partial charge in [-0.25, -0.2) is 0 Å². The minimum Gasteiger partial charge on any atom is -0.488 e. The third-order valence-corrected chi connectivity index (χ3v) is 4.01. The van der Waals surface area contributed by atoms with Crippen LogP contribution in [0.5, 0.6) is 5.75 Å². The summed E-state index contributed by atoms with van der Waals surface area (Å²) in [6.07, 6.45) is 5.06. The monoisotopic (exact) mass is 368 g/mol. The minimum absolute atomic E-state index is 0.210.